The topological polar surface area (TPSA) is 57.5 Å². The lowest BCUT2D eigenvalue weighted by molar-refractivity contribution is -0.133. The van der Waals surface area contributed by atoms with Crippen LogP contribution in [0.25, 0.3) is 6.08 Å². The average molecular weight is 549 g/mol. The number of aromatic hydroxyl groups is 1. The molecule has 0 saturated carbocycles. The molecular formula is C37H56O3. The van der Waals surface area contributed by atoms with Crippen molar-refractivity contribution in [1.29, 1.82) is 0 Å². The summed E-state index contributed by atoms with van der Waals surface area (Å²) in [7, 11) is 0. The number of benzene rings is 2. The summed E-state index contributed by atoms with van der Waals surface area (Å²) in [6, 6.07) is 10.9. The molecule has 0 fully saturated rings. The van der Waals surface area contributed by atoms with E-state index in [-0.39, 0.29) is 22.2 Å². The van der Waals surface area contributed by atoms with Crippen LogP contribution in [0.1, 0.15) is 155 Å². The molecule has 0 saturated heterocycles. The summed E-state index contributed by atoms with van der Waals surface area (Å²) < 4.78 is 0. The highest BCUT2D eigenvalue weighted by molar-refractivity contribution is 5.94. The largest absolute Gasteiger partial charge is 0.507 e. The Hall–Kier alpha value is -2.55. The third-order valence-corrected chi connectivity index (χ3v) is 10.2. The zero-order chi connectivity index (χ0) is 30.8. The van der Waals surface area contributed by atoms with E-state index in [0.717, 1.165) is 47.9 Å². The van der Waals surface area contributed by atoms with Gasteiger partial charge in [-0.15, -0.1) is 0 Å². The van der Waals surface area contributed by atoms with E-state index in [1.807, 2.05) is 26.8 Å². The number of phenolic OH excluding ortho intramolecular Hbond substituents is 1. The Morgan fingerprint density at radius 1 is 0.750 bits per heavy atom. The third kappa shape index (κ3) is 6.84. The summed E-state index contributed by atoms with van der Waals surface area (Å²) in [6.07, 6.45) is 5.47. The van der Waals surface area contributed by atoms with Crippen LogP contribution in [0.2, 0.25) is 0 Å². The van der Waals surface area contributed by atoms with Crippen LogP contribution in [0.5, 0.6) is 5.75 Å². The number of carboxylic acids is 1. The van der Waals surface area contributed by atoms with Gasteiger partial charge >= 0.3 is 5.97 Å². The fourth-order valence-corrected chi connectivity index (χ4v) is 5.05. The van der Waals surface area contributed by atoms with Crippen molar-refractivity contribution >= 4 is 12.0 Å². The number of carbonyl (C=O) groups is 1. The first-order valence-electron chi connectivity index (χ1n) is 15.3. The van der Waals surface area contributed by atoms with Crippen molar-refractivity contribution in [2.45, 2.75) is 138 Å². The van der Waals surface area contributed by atoms with E-state index in [0.29, 0.717) is 11.3 Å². The van der Waals surface area contributed by atoms with Gasteiger partial charge in [-0.3, -0.25) is 0 Å². The maximum Gasteiger partial charge on any atom is 0.332 e. The van der Waals surface area contributed by atoms with Crippen LogP contribution in [0, 0.1) is 5.41 Å². The van der Waals surface area contributed by atoms with Crippen molar-refractivity contribution in [3.8, 4) is 5.75 Å². The molecule has 0 spiro atoms. The van der Waals surface area contributed by atoms with Crippen molar-refractivity contribution in [3.63, 3.8) is 0 Å². The molecule has 2 rings (SSSR count). The molecule has 3 heteroatoms. The molecule has 1 atom stereocenters. The summed E-state index contributed by atoms with van der Waals surface area (Å²) in [6.45, 7) is 28.2. The Morgan fingerprint density at radius 3 is 1.73 bits per heavy atom. The maximum atomic E-state index is 12.5. The maximum absolute atomic E-state index is 12.5. The van der Waals surface area contributed by atoms with Crippen molar-refractivity contribution in [2.75, 3.05) is 0 Å². The molecule has 0 radical (unpaired) electrons. The van der Waals surface area contributed by atoms with Crippen LogP contribution in [0.3, 0.4) is 0 Å². The molecule has 0 bridgehead atoms. The molecule has 0 heterocycles. The molecule has 0 aliphatic carbocycles. The van der Waals surface area contributed by atoms with Gasteiger partial charge in [0.2, 0.25) is 0 Å². The van der Waals surface area contributed by atoms with Gasteiger partial charge in [0.15, 0.2) is 0 Å². The van der Waals surface area contributed by atoms with Gasteiger partial charge in [0.1, 0.15) is 5.75 Å². The first kappa shape index (κ1) is 33.7. The van der Waals surface area contributed by atoms with Gasteiger partial charge in [-0.2, -0.15) is 0 Å². The summed E-state index contributed by atoms with van der Waals surface area (Å²) >= 11 is 0. The van der Waals surface area contributed by atoms with Crippen LogP contribution < -0.4 is 0 Å². The van der Waals surface area contributed by atoms with E-state index in [9.17, 15) is 15.0 Å². The normalized spacial score (nSPS) is 14.4. The first-order chi connectivity index (χ1) is 18.3. The van der Waals surface area contributed by atoms with Crippen LogP contribution in [-0.2, 0) is 21.0 Å². The fraction of sp³-hybridized carbons (Fsp3) is 0.595. The zero-order valence-electron chi connectivity index (χ0n) is 27.7. The highest BCUT2D eigenvalue weighted by Gasteiger charge is 2.32. The second-order valence-corrected chi connectivity index (χ2v) is 14.3. The number of hydrogen-bond donors (Lipinski definition) is 2. The van der Waals surface area contributed by atoms with Gasteiger partial charge in [-0.1, -0.05) is 120 Å². The van der Waals surface area contributed by atoms with E-state index in [2.05, 4.69) is 99.6 Å². The molecule has 0 amide bonds. The minimum Gasteiger partial charge on any atom is -0.507 e. The highest BCUT2D eigenvalue weighted by Crippen LogP contribution is 2.45. The lowest BCUT2D eigenvalue weighted by Gasteiger charge is -2.32. The predicted octanol–water partition coefficient (Wildman–Crippen LogP) is 10.5. The van der Waals surface area contributed by atoms with Crippen LogP contribution in [0.15, 0.2) is 35.9 Å². The van der Waals surface area contributed by atoms with Gasteiger partial charge in [0.25, 0.3) is 0 Å². The summed E-state index contributed by atoms with van der Waals surface area (Å²) in [5.74, 6) is -0.667. The molecule has 0 aromatic heterocycles. The van der Waals surface area contributed by atoms with Gasteiger partial charge in [0.05, 0.1) is 0 Å². The minimum atomic E-state index is -0.884. The van der Waals surface area contributed by atoms with Crippen molar-refractivity contribution < 1.29 is 15.0 Å². The smallest absolute Gasteiger partial charge is 0.332 e. The van der Waals surface area contributed by atoms with Crippen molar-refractivity contribution in [3.05, 3.63) is 69.3 Å². The molecule has 0 aliphatic heterocycles. The Kier molecular flexibility index (Phi) is 10.2. The Labute approximate surface area is 245 Å². The molecule has 2 aromatic rings. The number of phenols is 1. The summed E-state index contributed by atoms with van der Waals surface area (Å²) in [5.41, 5.74) is 5.96. The Morgan fingerprint density at radius 2 is 1.25 bits per heavy atom. The van der Waals surface area contributed by atoms with Crippen LogP contribution in [-0.4, -0.2) is 16.2 Å². The predicted molar refractivity (Wildman–Crippen MR) is 172 cm³/mol. The molecule has 40 heavy (non-hydrogen) atoms. The van der Waals surface area contributed by atoms with E-state index in [1.54, 1.807) is 0 Å². The molecular weight excluding hydrogens is 492 g/mol. The number of carboxylic acid groups (broad SMARTS) is 1. The van der Waals surface area contributed by atoms with Gasteiger partial charge < -0.3 is 10.2 Å². The second kappa shape index (κ2) is 12.1. The third-order valence-electron chi connectivity index (χ3n) is 10.2. The van der Waals surface area contributed by atoms with Crippen molar-refractivity contribution in [1.82, 2.24) is 0 Å². The first-order valence-corrected chi connectivity index (χ1v) is 15.3. The van der Waals surface area contributed by atoms with Crippen LogP contribution in [0.4, 0.5) is 0 Å². The number of aliphatic carboxylic acids is 1. The Balaban J connectivity index is 3.01. The van der Waals surface area contributed by atoms with Gasteiger partial charge in [-0.05, 0) is 75.7 Å². The van der Waals surface area contributed by atoms with E-state index in [4.69, 9.17) is 0 Å². The molecule has 1 unspecified atom stereocenters. The Bertz CT molecular complexity index is 1240. The second-order valence-electron chi connectivity index (χ2n) is 14.3. The van der Waals surface area contributed by atoms with Gasteiger partial charge in [-0.25, -0.2) is 4.79 Å². The lowest BCUT2D eigenvalue weighted by atomic mass is 9.72. The fourth-order valence-electron chi connectivity index (χ4n) is 5.05. The van der Waals surface area contributed by atoms with E-state index in [1.165, 1.54) is 11.1 Å². The molecule has 2 N–H and O–H groups in total. The quantitative estimate of drug-likeness (QED) is 0.259. The number of rotatable bonds is 12. The van der Waals surface area contributed by atoms with E-state index < -0.39 is 11.4 Å². The van der Waals surface area contributed by atoms with Crippen LogP contribution >= 0.6 is 0 Å². The highest BCUT2D eigenvalue weighted by atomic mass is 16.4. The SMILES string of the molecule is CCC(C)(C)C(=Cc1ccc(C(C)(C)CC)cc1C(C)c1cc(C(C)(C)CC)cc(C(C)(C)CC)c1O)C(=O)O. The minimum absolute atomic E-state index is 0.0293. The number of hydrogen-bond acceptors (Lipinski definition) is 2. The zero-order valence-corrected chi connectivity index (χ0v) is 27.7. The molecule has 2 aromatic carbocycles. The van der Waals surface area contributed by atoms with Crippen molar-refractivity contribution in [2.24, 2.45) is 5.41 Å². The summed E-state index contributed by atoms with van der Waals surface area (Å²) in [5, 5.41) is 22.1. The van der Waals surface area contributed by atoms with E-state index >= 15 is 0 Å². The molecule has 222 valence electrons. The molecule has 0 aliphatic rings. The monoisotopic (exact) mass is 548 g/mol. The lowest BCUT2D eigenvalue weighted by Crippen LogP contribution is -2.22. The standard InChI is InChI=1S/C37H56O3/c1-14-34(6,7)26-19-18-25(20-31(33(39)40)37(12,13)17-4)28(21-26)24(5)29-22-27(35(8,9)15-2)23-30(32(29)38)36(10,11)16-3/h18-24,38H,14-17H2,1-13H3,(H,39,40). The summed E-state index contributed by atoms with van der Waals surface area (Å²) in [4.78, 5) is 12.5. The van der Waals surface area contributed by atoms with Gasteiger partial charge in [0, 0.05) is 22.6 Å². The molecule has 3 nitrogen and oxygen atoms in total. The average Bonchev–Trinajstić information content (AvgIpc) is 2.90.